The summed E-state index contributed by atoms with van der Waals surface area (Å²) in [5.74, 6) is 0.453. The molecule has 5 nitrogen and oxygen atoms in total. The molecule has 2 aromatic rings. The molecule has 122 valence electrons. The largest absolute Gasteiger partial charge is 0.492 e. The fraction of sp³-hybridized carbons (Fsp3) is 0.250. The van der Waals surface area contributed by atoms with Crippen LogP contribution in [0.3, 0.4) is 0 Å². The number of hydrazine groups is 1. The molecule has 0 unspecified atom stereocenters. The molecular formula is C16H20BBrN2O3. The Balaban J connectivity index is 2.10. The van der Waals surface area contributed by atoms with E-state index in [9.17, 15) is 10.0 Å². The number of rotatable bonds is 7. The Morgan fingerprint density at radius 3 is 2.48 bits per heavy atom. The highest BCUT2D eigenvalue weighted by atomic mass is 79.9. The van der Waals surface area contributed by atoms with Crippen molar-refractivity contribution < 1.29 is 14.8 Å². The van der Waals surface area contributed by atoms with Crippen LogP contribution in [0.1, 0.15) is 19.4 Å². The fourth-order valence-corrected chi connectivity index (χ4v) is 2.71. The molecule has 23 heavy (non-hydrogen) atoms. The Bertz CT molecular complexity index is 639. The average Bonchev–Trinajstić information content (AvgIpc) is 2.50. The van der Waals surface area contributed by atoms with Crippen LogP contribution in [0.5, 0.6) is 5.75 Å². The molecule has 0 amide bonds. The smallest absolute Gasteiger partial charge is 0.490 e. The van der Waals surface area contributed by atoms with Gasteiger partial charge in [0.15, 0.2) is 0 Å². The lowest BCUT2D eigenvalue weighted by atomic mass is 9.78. The number of hydrogen-bond acceptors (Lipinski definition) is 5. The maximum absolute atomic E-state index is 9.59. The van der Waals surface area contributed by atoms with Crippen LogP contribution < -0.4 is 21.1 Å². The van der Waals surface area contributed by atoms with E-state index in [-0.39, 0.29) is 6.10 Å². The summed E-state index contributed by atoms with van der Waals surface area (Å²) in [5, 5.41) is 19.2. The van der Waals surface area contributed by atoms with Crippen molar-refractivity contribution in [3.05, 3.63) is 52.5 Å². The standard InChI is InChI=1S/C16H20BBrN2O3/c1-11(2)23-16-14(17(21)22)8-12(9-15(16)18)10-19-20-13-6-4-3-5-7-13/h3-9,11,19-22H,10H2,1-2H3. The van der Waals surface area contributed by atoms with Crippen molar-refractivity contribution in [2.24, 2.45) is 0 Å². The van der Waals surface area contributed by atoms with Gasteiger partial charge in [0.1, 0.15) is 5.75 Å². The fourth-order valence-electron chi connectivity index (χ4n) is 2.10. The van der Waals surface area contributed by atoms with Gasteiger partial charge in [-0.25, -0.2) is 5.43 Å². The first-order valence-electron chi connectivity index (χ1n) is 7.36. The molecular weight excluding hydrogens is 359 g/mol. The Labute approximate surface area is 144 Å². The Morgan fingerprint density at radius 2 is 1.87 bits per heavy atom. The molecule has 0 atom stereocenters. The van der Waals surface area contributed by atoms with Crippen molar-refractivity contribution in [3.8, 4) is 5.75 Å². The minimum atomic E-state index is -1.60. The van der Waals surface area contributed by atoms with Gasteiger partial charge in [-0.2, -0.15) is 0 Å². The topological polar surface area (TPSA) is 73.8 Å². The van der Waals surface area contributed by atoms with Crippen LogP contribution >= 0.6 is 15.9 Å². The van der Waals surface area contributed by atoms with Gasteiger partial charge in [0.05, 0.1) is 10.6 Å². The summed E-state index contributed by atoms with van der Waals surface area (Å²) in [6.45, 7) is 4.29. The van der Waals surface area contributed by atoms with Gasteiger partial charge in [-0.1, -0.05) is 24.3 Å². The number of nitrogens with one attached hydrogen (secondary N) is 2. The number of anilines is 1. The first-order chi connectivity index (χ1) is 11.0. The SMILES string of the molecule is CC(C)Oc1c(Br)cc(CNNc2ccccc2)cc1B(O)O. The zero-order valence-corrected chi connectivity index (χ0v) is 14.7. The van der Waals surface area contributed by atoms with Crippen LogP contribution in [0.4, 0.5) is 5.69 Å². The second kappa shape index (κ2) is 8.35. The summed E-state index contributed by atoms with van der Waals surface area (Å²) in [5.41, 5.74) is 8.36. The first-order valence-corrected chi connectivity index (χ1v) is 8.15. The number of ether oxygens (including phenoxy) is 1. The van der Waals surface area contributed by atoms with E-state index >= 15 is 0 Å². The van der Waals surface area contributed by atoms with Crippen LogP contribution in [-0.4, -0.2) is 23.3 Å². The van der Waals surface area contributed by atoms with E-state index in [4.69, 9.17) is 4.74 Å². The number of para-hydroxylation sites is 1. The average molecular weight is 379 g/mol. The summed E-state index contributed by atoms with van der Waals surface area (Å²) in [7, 11) is -1.60. The summed E-state index contributed by atoms with van der Waals surface area (Å²) >= 11 is 3.44. The van der Waals surface area contributed by atoms with Gasteiger partial charge in [-0.3, -0.25) is 0 Å². The first kappa shape index (κ1) is 17.8. The number of halogens is 1. The highest BCUT2D eigenvalue weighted by Gasteiger charge is 2.21. The lowest BCUT2D eigenvalue weighted by molar-refractivity contribution is 0.242. The van der Waals surface area contributed by atoms with E-state index in [0.717, 1.165) is 11.3 Å². The normalized spacial score (nSPS) is 10.7. The Hall–Kier alpha value is -1.54. The second-order valence-electron chi connectivity index (χ2n) is 5.38. The summed E-state index contributed by atoms with van der Waals surface area (Å²) in [6.07, 6.45) is -0.0625. The van der Waals surface area contributed by atoms with E-state index in [0.29, 0.717) is 22.2 Å². The quantitative estimate of drug-likeness (QED) is 0.438. The van der Waals surface area contributed by atoms with Gasteiger partial charge >= 0.3 is 7.12 Å². The molecule has 0 radical (unpaired) electrons. The molecule has 0 spiro atoms. The summed E-state index contributed by atoms with van der Waals surface area (Å²) in [6, 6.07) is 13.3. The maximum atomic E-state index is 9.59. The molecule has 4 N–H and O–H groups in total. The molecule has 2 aromatic carbocycles. The second-order valence-corrected chi connectivity index (χ2v) is 6.24. The van der Waals surface area contributed by atoms with Crippen LogP contribution in [0.15, 0.2) is 46.9 Å². The van der Waals surface area contributed by atoms with Crippen LogP contribution in [0, 0.1) is 0 Å². The minimum Gasteiger partial charge on any atom is -0.490 e. The van der Waals surface area contributed by atoms with Gasteiger partial charge in [-0.15, -0.1) is 0 Å². The molecule has 0 heterocycles. The van der Waals surface area contributed by atoms with Gasteiger partial charge in [-0.05, 0) is 53.5 Å². The van der Waals surface area contributed by atoms with E-state index < -0.39 is 7.12 Å². The lowest BCUT2D eigenvalue weighted by Gasteiger charge is -2.18. The summed E-state index contributed by atoms with van der Waals surface area (Å²) < 4.78 is 6.35. The van der Waals surface area contributed by atoms with Crippen molar-refractivity contribution in [3.63, 3.8) is 0 Å². The minimum absolute atomic E-state index is 0.0625. The molecule has 0 saturated carbocycles. The van der Waals surface area contributed by atoms with E-state index in [1.54, 1.807) is 6.07 Å². The van der Waals surface area contributed by atoms with Crippen molar-refractivity contribution >= 4 is 34.2 Å². The van der Waals surface area contributed by atoms with Crippen LogP contribution in [0.2, 0.25) is 0 Å². The van der Waals surface area contributed by atoms with E-state index in [2.05, 4.69) is 26.8 Å². The van der Waals surface area contributed by atoms with Crippen molar-refractivity contribution in [1.82, 2.24) is 5.43 Å². The van der Waals surface area contributed by atoms with Crippen LogP contribution in [0.25, 0.3) is 0 Å². The molecule has 0 aliphatic carbocycles. The Kier molecular flexibility index (Phi) is 6.47. The monoisotopic (exact) mass is 378 g/mol. The highest BCUT2D eigenvalue weighted by Crippen LogP contribution is 2.25. The number of hydrogen-bond donors (Lipinski definition) is 4. The van der Waals surface area contributed by atoms with Gasteiger partial charge < -0.3 is 20.2 Å². The van der Waals surface area contributed by atoms with Gasteiger partial charge in [0.2, 0.25) is 0 Å². The Morgan fingerprint density at radius 1 is 1.17 bits per heavy atom. The molecule has 0 bridgehead atoms. The van der Waals surface area contributed by atoms with Crippen molar-refractivity contribution in [1.29, 1.82) is 0 Å². The van der Waals surface area contributed by atoms with E-state index in [1.165, 1.54) is 0 Å². The van der Waals surface area contributed by atoms with E-state index in [1.807, 2.05) is 50.2 Å². The van der Waals surface area contributed by atoms with Gasteiger partial charge in [0.25, 0.3) is 0 Å². The molecule has 0 aliphatic heterocycles. The van der Waals surface area contributed by atoms with Gasteiger partial charge in [0, 0.05) is 17.7 Å². The predicted octanol–water partition coefficient (Wildman–Crippen LogP) is 2.03. The molecule has 0 saturated heterocycles. The third-order valence-electron chi connectivity index (χ3n) is 3.06. The molecule has 2 rings (SSSR count). The zero-order valence-electron chi connectivity index (χ0n) is 13.1. The molecule has 0 aromatic heterocycles. The highest BCUT2D eigenvalue weighted by molar-refractivity contribution is 9.10. The van der Waals surface area contributed by atoms with Crippen molar-refractivity contribution in [2.75, 3.05) is 5.43 Å². The molecule has 0 aliphatic rings. The lowest BCUT2D eigenvalue weighted by Crippen LogP contribution is -2.33. The summed E-state index contributed by atoms with van der Waals surface area (Å²) in [4.78, 5) is 0. The van der Waals surface area contributed by atoms with Crippen molar-refractivity contribution in [2.45, 2.75) is 26.5 Å². The maximum Gasteiger partial charge on any atom is 0.492 e. The predicted molar refractivity (Wildman–Crippen MR) is 96.6 cm³/mol. The molecule has 0 fully saturated rings. The molecule has 7 heteroatoms. The third-order valence-corrected chi connectivity index (χ3v) is 3.65. The number of benzene rings is 2. The third kappa shape index (κ3) is 5.25. The zero-order chi connectivity index (χ0) is 16.8. The van der Waals surface area contributed by atoms with Crippen LogP contribution in [-0.2, 0) is 6.54 Å².